The summed E-state index contributed by atoms with van der Waals surface area (Å²) < 4.78 is 25.5. The summed E-state index contributed by atoms with van der Waals surface area (Å²) in [6.07, 6.45) is -1.63. The molecule has 1 heterocycles. The topological polar surface area (TPSA) is 50.7 Å². The van der Waals surface area contributed by atoms with Crippen LogP contribution in [-0.2, 0) is 4.79 Å². The van der Waals surface area contributed by atoms with Gasteiger partial charge in [-0.2, -0.15) is 0 Å². The third-order valence-electron chi connectivity index (χ3n) is 1.89. The van der Waals surface area contributed by atoms with E-state index in [9.17, 15) is 13.6 Å². The second kappa shape index (κ2) is 3.26. The van der Waals surface area contributed by atoms with E-state index in [0.29, 0.717) is 0 Å². The zero-order valence-corrected chi connectivity index (χ0v) is 6.83. The molecule has 0 spiro atoms. The van der Waals surface area contributed by atoms with Crippen LogP contribution in [0.1, 0.15) is 6.42 Å². The average molecular weight is 189 g/mol. The van der Waals surface area contributed by atoms with E-state index in [1.165, 1.54) is 0 Å². The Balaban J connectivity index is 2.76. The van der Waals surface area contributed by atoms with Gasteiger partial charge in [0.25, 0.3) is 5.92 Å². The summed E-state index contributed by atoms with van der Waals surface area (Å²) in [6.45, 7) is 5.62. The van der Waals surface area contributed by atoms with E-state index in [4.69, 9.17) is 12.3 Å². The third-order valence-corrected chi connectivity index (χ3v) is 1.89. The number of hydrogen-bond acceptors (Lipinski definition) is 2. The second-order valence-electron chi connectivity index (χ2n) is 2.90. The van der Waals surface area contributed by atoms with E-state index in [1.54, 1.807) is 0 Å². The Morgan fingerprint density at radius 1 is 1.77 bits per heavy atom. The minimum absolute atomic E-state index is 0.331. The van der Waals surface area contributed by atoms with Crippen LogP contribution in [0.15, 0.2) is 0 Å². The lowest BCUT2D eigenvalue weighted by Crippen LogP contribution is -2.39. The molecule has 1 rings (SSSR count). The summed E-state index contributed by atoms with van der Waals surface area (Å²) in [7, 11) is 0. The van der Waals surface area contributed by atoms with Crippen molar-refractivity contribution in [2.24, 2.45) is 5.73 Å². The molecule has 1 fully saturated rings. The minimum atomic E-state index is -2.94. The summed E-state index contributed by atoms with van der Waals surface area (Å²) in [5.74, 6) is -3.54. The number of likely N-dealkylation sites (tertiary alicyclic amines) is 1. The van der Waals surface area contributed by atoms with Crippen LogP contribution < -0.4 is 5.73 Å². The summed E-state index contributed by atoms with van der Waals surface area (Å²) in [5.41, 5.74) is 5.02. The molecule has 1 saturated heterocycles. The van der Waals surface area contributed by atoms with E-state index < -0.39 is 31.0 Å². The lowest BCUT2D eigenvalue weighted by Gasteiger charge is -2.14. The highest BCUT2D eigenvalue weighted by Gasteiger charge is 2.50. The number of carbonyl (C=O) groups excluding carboxylic acids is 1. The predicted molar refractivity (Wildman–Crippen MR) is 40.7 cm³/mol. The van der Waals surface area contributed by atoms with E-state index in [2.05, 4.69) is 4.85 Å². The van der Waals surface area contributed by atoms with Gasteiger partial charge < -0.3 is 5.73 Å². The molecule has 1 aliphatic heterocycles. The summed E-state index contributed by atoms with van der Waals surface area (Å²) in [6, 6.07) is 0. The molecule has 1 atom stereocenters. The van der Waals surface area contributed by atoms with Gasteiger partial charge in [-0.1, -0.05) is 0 Å². The van der Waals surface area contributed by atoms with Crippen molar-refractivity contribution in [3.63, 3.8) is 0 Å². The lowest BCUT2D eigenvalue weighted by atomic mass is 10.3. The van der Waals surface area contributed by atoms with E-state index in [-0.39, 0.29) is 6.54 Å². The first-order chi connectivity index (χ1) is 6.00. The molecule has 0 aromatic heterocycles. The van der Waals surface area contributed by atoms with Gasteiger partial charge >= 0.3 is 6.17 Å². The SMILES string of the molecule is [C-]#[N+][C@@H]1CC(F)(F)CN1C(=O)CN. The molecule has 1 aliphatic rings. The fourth-order valence-electron chi connectivity index (χ4n) is 1.28. The normalized spacial score (nSPS) is 25.7. The van der Waals surface area contributed by atoms with Gasteiger partial charge in [-0.25, -0.2) is 15.4 Å². The van der Waals surface area contributed by atoms with Crippen molar-refractivity contribution in [1.29, 1.82) is 0 Å². The number of nitrogens with zero attached hydrogens (tertiary/aromatic N) is 2. The van der Waals surface area contributed by atoms with Crippen LogP contribution >= 0.6 is 0 Å². The molecule has 0 unspecified atom stereocenters. The van der Waals surface area contributed by atoms with Gasteiger partial charge in [-0.15, -0.1) is 0 Å². The molecule has 0 aromatic carbocycles. The van der Waals surface area contributed by atoms with Crippen LogP contribution in [0.2, 0.25) is 0 Å². The van der Waals surface area contributed by atoms with Gasteiger partial charge in [-0.3, -0.25) is 14.5 Å². The smallest absolute Gasteiger partial charge is 0.306 e. The molecule has 2 N–H and O–H groups in total. The minimum Gasteiger partial charge on any atom is -0.322 e. The van der Waals surface area contributed by atoms with Gasteiger partial charge in [0.05, 0.1) is 13.1 Å². The van der Waals surface area contributed by atoms with Crippen LogP contribution in [0.25, 0.3) is 4.85 Å². The Bertz CT molecular complexity index is 261. The highest BCUT2D eigenvalue weighted by atomic mass is 19.3. The molecule has 0 saturated carbocycles. The maximum Gasteiger partial charge on any atom is 0.306 e. The summed E-state index contributed by atoms with van der Waals surface area (Å²) in [5, 5.41) is 0. The summed E-state index contributed by atoms with van der Waals surface area (Å²) >= 11 is 0. The number of nitrogens with two attached hydrogens (primary N) is 1. The number of halogens is 2. The molecule has 4 nitrogen and oxygen atoms in total. The standard InChI is InChI=1S/C7H9F2N3O/c1-11-5-2-7(8,9)4-12(5)6(13)3-10/h5H,2-4,10H2/t5-/m0/s1. The Kier molecular flexibility index (Phi) is 2.48. The average Bonchev–Trinajstić information content (AvgIpc) is 2.39. The maximum atomic E-state index is 12.8. The number of alkyl halides is 2. The zero-order valence-electron chi connectivity index (χ0n) is 6.83. The molecular formula is C7H9F2N3O. The molecule has 1 amide bonds. The second-order valence-corrected chi connectivity index (χ2v) is 2.90. The van der Waals surface area contributed by atoms with Gasteiger partial charge in [0.2, 0.25) is 5.91 Å². The molecule has 0 aliphatic carbocycles. The highest BCUT2D eigenvalue weighted by molar-refractivity contribution is 5.79. The zero-order chi connectivity index (χ0) is 10.1. The lowest BCUT2D eigenvalue weighted by molar-refractivity contribution is -0.131. The van der Waals surface area contributed by atoms with Crippen LogP contribution in [0.5, 0.6) is 0 Å². The Hall–Kier alpha value is -1.22. The molecule has 6 heteroatoms. The number of amides is 1. The monoisotopic (exact) mass is 189 g/mol. The van der Waals surface area contributed by atoms with E-state index in [0.717, 1.165) is 4.90 Å². The fourth-order valence-corrected chi connectivity index (χ4v) is 1.28. The highest BCUT2D eigenvalue weighted by Crippen LogP contribution is 2.32. The van der Waals surface area contributed by atoms with Gasteiger partial charge in [0, 0.05) is 0 Å². The Labute approximate surface area is 74.1 Å². The Morgan fingerprint density at radius 3 is 2.85 bits per heavy atom. The van der Waals surface area contributed by atoms with Gasteiger partial charge in [0.15, 0.2) is 0 Å². The van der Waals surface area contributed by atoms with Gasteiger partial charge in [0.1, 0.15) is 6.42 Å². The van der Waals surface area contributed by atoms with Gasteiger partial charge in [-0.05, 0) is 0 Å². The number of rotatable bonds is 1. The first kappa shape index (κ1) is 9.86. The van der Waals surface area contributed by atoms with Crippen molar-refractivity contribution in [3.05, 3.63) is 11.4 Å². The van der Waals surface area contributed by atoms with Crippen molar-refractivity contribution < 1.29 is 13.6 Å². The first-order valence-electron chi connectivity index (χ1n) is 3.74. The van der Waals surface area contributed by atoms with Crippen molar-refractivity contribution in [1.82, 2.24) is 4.90 Å². The molecule has 0 bridgehead atoms. The van der Waals surface area contributed by atoms with E-state index >= 15 is 0 Å². The van der Waals surface area contributed by atoms with Crippen molar-refractivity contribution in [2.45, 2.75) is 18.5 Å². The van der Waals surface area contributed by atoms with Crippen molar-refractivity contribution >= 4 is 5.91 Å². The Morgan fingerprint density at radius 2 is 2.38 bits per heavy atom. The van der Waals surface area contributed by atoms with Crippen molar-refractivity contribution in [2.75, 3.05) is 13.1 Å². The largest absolute Gasteiger partial charge is 0.322 e. The molecule has 13 heavy (non-hydrogen) atoms. The van der Waals surface area contributed by atoms with Crippen molar-refractivity contribution in [3.8, 4) is 0 Å². The predicted octanol–water partition coefficient (Wildman–Crippen LogP) is 0.0581. The maximum absolute atomic E-state index is 12.8. The fraction of sp³-hybridized carbons (Fsp3) is 0.714. The number of carbonyl (C=O) groups is 1. The van der Waals surface area contributed by atoms with E-state index in [1.807, 2.05) is 0 Å². The quantitative estimate of drug-likeness (QED) is 0.593. The van der Waals surface area contributed by atoms with Crippen LogP contribution in [-0.4, -0.2) is 36.0 Å². The third kappa shape index (κ3) is 1.92. The van der Waals surface area contributed by atoms with Crippen LogP contribution in [0.3, 0.4) is 0 Å². The molecule has 0 aromatic rings. The molecule has 0 radical (unpaired) electrons. The van der Waals surface area contributed by atoms with Crippen LogP contribution in [0.4, 0.5) is 8.78 Å². The van der Waals surface area contributed by atoms with Crippen LogP contribution in [0, 0.1) is 6.57 Å². The first-order valence-corrected chi connectivity index (χ1v) is 3.74. The summed E-state index contributed by atoms with van der Waals surface area (Å²) in [4.78, 5) is 14.8. The molecular weight excluding hydrogens is 180 g/mol. The number of hydrogen-bond donors (Lipinski definition) is 1. The molecule has 72 valence electrons.